The molecule has 0 unspecified atom stereocenters. The molecule has 124 valence electrons. The van der Waals surface area contributed by atoms with Crippen molar-refractivity contribution in [2.45, 2.75) is 0 Å². The maximum atomic E-state index is 4.51. The van der Waals surface area contributed by atoms with Crippen molar-refractivity contribution in [3.05, 3.63) is 30.7 Å². The van der Waals surface area contributed by atoms with Gasteiger partial charge in [0, 0.05) is 45.8 Å². The molecule has 0 bridgehead atoms. The first kappa shape index (κ1) is 14.6. The van der Waals surface area contributed by atoms with Gasteiger partial charge in [-0.3, -0.25) is 0 Å². The molecule has 1 fully saturated rings. The molecule has 9 nitrogen and oxygen atoms in total. The molecule has 0 aromatic carbocycles. The van der Waals surface area contributed by atoms with Crippen LogP contribution < -0.4 is 15.1 Å². The summed E-state index contributed by atoms with van der Waals surface area (Å²) in [5.74, 6) is 3.09. The van der Waals surface area contributed by atoms with E-state index < -0.39 is 0 Å². The quantitative estimate of drug-likeness (QED) is 0.727. The number of nitrogens with one attached hydrogen (secondary N) is 1. The normalized spacial score (nSPS) is 14.7. The van der Waals surface area contributed by atoms with Crippen LogP contribution in [0.5, 0.6) is 0 Å². The second-order valence-corrected chi connectivity index (χ2v) is 6.11. The van der Waals surface area contributed by atoms with Crippen LogP contribution in [0.1, 0.15) is 0 Å². The summed E-state index contributed by atoms with van der Waals surface area (Å²) in [6.45, 7) is 2.83. The summed E-state index contributed by atoms with van der Waals surface area (Å²) in [7, 11) is 3.87. The average Bonchev–Trinajstić information content (AvgIpc) is 3.01. The molecular formula is C15H19N9. The monoisotopic (exact) mass is 325 g/mol. The molecule has 0 saturated carbocycles. The maximum absolute atomic E-state index is 4.51. The minimum Gasteiger partial charge on any atom is -0.369 e. The van der Waals surface area contributed by atoms with E-state index in [-0.39, 0.29) is 0 Å². The van der Waals surface area contributed by atoms with Gasteiger partial charge in [-0.05, 0) is 18.2 Å². The Morgan fingerprint density at radius 3 is 2.96 bits per heavy atom. The zero-order chi connectivity index (χ0) is 16.5. The Kier molecular flexibility index (Phi) is 3.60. The molecule has 4 rings (SSSR count). The Hall–Kier alpha value is -2.97. The molecule has 1 aliphatic heterocycles. The van der Waals surface area contributed by atoms with Crippen LogP contribution in [0.3, 0.4) is 0 Å². The highest BCUT2D eigenvalue weighted by Gasteiger charge is 2.28. The molecule has 0 radical (unpaired) electrons. The summed E-state index contributed by atoms with van der Waals surface area (Å²) in [6.07, 6.45) is 3.39. The second kappa shape index (κ2) is 5.91. The summed E-state index contributed by atoms with van der Waals surface area (Å²) in [5, 5.41) is 15.7. The predicted molar refractivity (Wildman–Crippen MR) is 91.3 cm³/mol. The summed E-state index contributed by atoms with van der Waals surface area (Å²) in [6, 6.07) is 5.82. The van der Waals surface area contributed by atoms with Gasteiger partial charge in [0.2, 0.25) is 5.95 Å². The number of hydrogen-bond acceptors (Lipinski definition) is 8. The van der Waals surface area contributed by atoms with Crippen LogP contribution >= 0.6 is 0 Å². The van der Waals surface area contributed by atoms with E-state index in [0.29, 0.717) is 11.9 Å². The number of hydrogen-bond donors (Lipinski definition) is 1. The number of fused-ring (bicyclic) bond motifs is 1. The van der Waals surface area contributed by atoms with Crippen molar-refractivity contribution in [3.8, 4) is 0 Å². The number of anilines is 3. The lowest BCUT2D eigenvalue weighted by molar-refractivity contribution is 0.424. The van der Waals surface area contributed by atoms with Crippen molar-refractivity contribution in [2.24, 2.45) is 5.92 Å². The van der Waals surface area contributed by atoms with Gasteiger partial charge in [-0.2, -0.15) is 9.50 Å². The van der Waals surface area contributed by atoms with Gasteiger partial charge in [0.25, 0.3) is 0 Å². The molecular weight excluding hydrogens is 306 g/mol. The summed E-state index contributed by atoms with van der Waals surface area (Å²) in [5.41, 5.74) is 0.762. The molecule has 1 aliphatic rings. The molecule has 1 N–H and O–H groups in total. The average molecular weight is 325 g/mol. The summed E-state index contributed by atoms with van der Waals surface area (Å²) < 4.78 is 1.70. The number of aromatic nitrogens is 6. The molecule has 0 spiro atoms. The highest BCUT2D eigenvalue weighted by molar-refractivity contribution is 5.47. The Balaban J connectivity index is 1.32. The van der Waals surface area contributed by atoms with Crippen molar-refractivity contribution >= 4 is 23.2 Å². The molecule has 3 aromatic heterocycles. The highest BCUT2D eigenvalue weighted by atomic mass is 15.4. The first-order valence-corrected chi connectivity index (χ1v) is 7.85. The SMILES string of the molecule is CN(C)c1nccc(NCC2CN(c3ccc4nncn4n3)C2)n1. The first-order chi connectivity index (χ1) is 11.7. The van der Waals surface area contributed by atoms with Crippen LogP contribution in [0.15, 0.2) is 30.7 Å². The van der Waals surface area contributed by atoms with Crippen molar-refractivity contribution in [1.82, 2.24) is 29.8 Å². The van der Waals surface area contributed by atoms with Gasteiger partial charge >= 0.3 is 0 Å². The largest absolute Gasteiger partial charge is 0.369 e. The van der Waals surface area contributed by atoms with Crippen LogP contribution in [-0.2, 0) is 0 Å². The molecule has 0 atom stereocenters. The van der Waals surface area contributed by atoms with Crippen LogP contribution in [0.25, 0.3) is 5.65 Å². The van der Waals surface area contributed by atoms with E-state index in [4.69, 9.17) is 0 Å². The molecule has 3 aromatic rings. The van der Waals surface area contributed by atoms with E-state index >= 15 is 0 Å². The minimum absolute atomic E-state index is 0.571. The van der Waals surface area contributed by atoms with Crippen molar-refractivity contribution in [2.75, 3.05) is 48.8 Å². The van der Waals surface area contributed by atoms with Gasteiger partial charge in [-0.1, -0.05) is 0 Å². The topological polar surface area (TPSA) is 87.4 Å². The lowest BCUT2D eigenvalue weighted by Crippen LogP contribution is -2.50. The Labute approximate surface area is 139 Å². The fourth-order valence-corrected chi connectivity index (χ4v) is 2.68. The summed E-state index contributed by atoms with van der Waals surface area (Å²) >= 11 is 0. The molecule has 24 heavy (non-hydrogen) atoms. The van der Waals surface area contributed by atoms with E-state index in [0.717, 1.165) is 36.9 Å². The van der Waals surface area contributed by atoms with Crippen molar-refractivity contribution in [3.63, 3.8) is 0 Å². The zero-order valence-electron chi connectivity index (χ0n) is 13.7. The van der Waals surface area contributed by atoms with E-state index in [1.807, 2.05) is 37.2 Å². The van der Waals surface area contributed by atoms with Crippen molar-refractivity contribution < 1.29 is 0 Å². The maximum Gasteiger partial charge on any atom is 0.226 e. The Morgan fingerprint density at radius 1 is 1.25 bits per heavy atom. The van der Waals surface area contributed by atoms with Gasteiger partial charge in [-0.15, -0.1) is 15.3 Å². The van der Waals surface area contributed by atoms with Crippen LogP contribution in [0.2, 0.25) is 0 Å². The fraction of sp³-hybridized carbons (Fsp3) is 0.400. The Bertz CT molecular complexity index is 838. The fourth-order valence-electron chi connectivity index (χ4n) is 2.68. The molecule has 4 heterocycles. The second-order valence-electron chi connectivity index (χ2n) is 6.11. The highest BCUT2D eigenvalue weighted by Crippen LogP contribution is 2.23. The van der Waals surface area contributed by atoms with Crippen LogP contribution in [0, 0.1) is 5.92 Å². The van der Waals surface area contributed by atoms with Crippen LogP contribution in [0.4, 0.5) is 17.6 Å². The molecule has 0 aliphatic carbocycles. The lowest BCUT2D eigenvalue weighted by Gasteiger charge is -2.40. The number of nitrogens with zero attached hydrogens (tertiary/aromatic N) is 8. The zero-order valence-corrected chi connectivity index (χ0v) is 13.7. The summed E-state index contributed by atoms with van der Waals surface area (Å²) in [4.78, 5) is 12.8. The third-order valence-electron chi connectivity index (χ3n) is 4.04. The minimum atomic E-state index is 0.571. The first-order valence-electron chi connectivity index (χ1n) is 7.85. The molecule has 1 saturated heterocycles. The standard InChI is InChI=1S/C15H19N9/c1-22(2)15-16-6-5-12(19-15)17-7-11-8-23(9-11)14-4-3-13-20-18-10-24(13)21-14/h3-6,10-11H,7-9H2,1-2H3,(H,16,17,19). The third-order valence-corrected chi connectivity index (χ3v) is 4.04. The Morgan fingerprint density at radius 2 is 2.12 bits per heavy atom. The molecule has 0 amide bonds. The third kappa shape index (κ3) is 2.80. The number of rotatable bonds is 5. The van der Waals surface area contributed by atoms with E-state index in [9.17, 15) is 0 Å². The van der Waals surface area contributed by atoms with Gasteiger partial charge in [0.05, 0.1) is 0 Å². The lowest BCUT2D eigenvalue weighted by atomic mass is 10.0. The van der Waals surface area contributed by atoms with Crippen molar-refractivity contribution in [1.29, 1.82) is 0 Å². The van der Waals surface area contributed by atoms with Gasteiger partial charge in [0.1, 0.15) is 18.0 Å². The molecule has 9 heteroatoms. The van der Waals surface area contributed by atoms with E-state index in [1.54, 1.807) is 17.0 Å². The van der Waals surface area contributed by atoms with E-state index in [1.165, 1.54) is 0 Å². The van der Waals surface area contributed by atoms with Gasteiger partial charge < -0.3 is 15.1 Å². The predicted octanol–water partition coefficient (Wildman–Crippen LogP) is 0.529. The van der Waals surface area contributed by atoms with Gasteiger partial charge in [-0.25, -0.2) is 4.98 Å². The van der Waals surface area contributed by atoms with E-state index in [2.05, 4.69) is 35.5 Å². The smallest absolute Gasteiger partial charge is 0.226 e. The van der Waals surface area contributed by atoms with Crippen LogP contribution in [-0.4, -0.2) is 63.5 Å². The van der Waals surface area contributed by atoms with Gasteiger partial charge in [0.15, 0.2) is 5.65 Å².